The van der Waals surface area contributed by atoms with Crippen molar-refractivity contribution < 1.29 is 0 Å². The van der Waals surface area contributed by atoms with Crippen LogP contribution in [0.3, 0.4) is 0 Å². The number of pyridine rings is 1. The first kappa shape index (κ1) is 13.2. The van der Waals surface area contributed by atoms with Crippen molar-refractivity contribution in [3.8, 4) is 11.9 Å². The molecular weight excluding hydrogens is 238 g/mol. The summed E-state index contributed by atoms with van der Waals surface area (Å²) in [5.74, 6) is 1.05. The number of nitrogens with zero attached hydrogens (tertiary/aromatic N) is 4. The van der Waals surface area contributed by atoms with Crippen molar-refractivity contribution in [3.05, 3.63) is 42.1 Å². The predicted molar refractivity (Wildman–Crippen MR) is 72.8 cm³/mol. The molecule has 2 aromatic heterocycles. The number of rotatable bonds is 5. The number of hydrogen-bond donors (Lipinski definition) is 1. The van der Waals surface area contributed by atoms with E-state index in [1.54, 1.807) is 17.0 Å². The molecule has 2 rings (SSSR count). The standard InChI is InChI=1S/C14H17N5/c1-3-6-16-11(2)12-4-5-13(18-10-12)19-8-7-17-14(19)9-15/h4-5,7-8,10-11,16H,3,6H2,1-2H3. The molecule has 0 saturated heterocycles. The Morgan fingerprint density at radius 2 is 2.26 bits per heavy atom. The molecule has 0 fully saturated rings. The van der Waals surface area contributed by atoms with Gasteiger partial charge in [-0.1, -0.05) is 13.0 Å². The molecule has 2 aromatic rings. The van der Waals surface area contributed by atoms with Crippen LogP contribution >= 0.6 is 0 Å². The smallest absolute Gasteiger partial charge is 0.218 e. The second-order valence-electron chi connectivity index (χ2n) is 4.36. The number of nitriles is 1. The maximum atomic E-state index is 8.94. The molecule has 2 heterocycles. The third-order valence-electron chi connectivity index (χ3n) is 2.96. The van der Waals surface area contributed by atoms with E-state index in [4.69, 9.17) is 5.26 Å². The maximum Gasteiger partial charge on any atom is 0.218 e. The van der Waals surface area contributed by atoms with Gasteiger partial charge in [0.05, 0.1) is 0 Å². The van der Waals surface area contributed by atoms with Crippen LogP contribution in [0.4, 0.5) is 0 Å². The number of hydrogen-bond acceptors (Lipinski definition) is 4. The van der Waals surface area contributed by atoms with Crippen LogP contribution in [0, 0.1) is 11.3 Å². The molecule has 0 aliphatic rings. The van der Waals surface area contributed by atoms with E-state index in [0.29, 0.717) is 11.6 Å². The Hall–Kier alpha value is -2.19. The molecule has 19 heavy (non-hydrogen) atoms. The molecule has 98 valence electrons. The Balaban J connectivity index is 2.17. The van der Waals surface area contributed by atoms with Crippen molar-refractivity contribution in [2.75, 3.05) is 6.54 Å². The summed E-state index contributed by atoms with van der Waals surface area (Å²) >= 11 is 0. The Morgan fingerprint density at radius 1 is 1.42 bits per heavy atom. The first-order chi connectivity index (χ1) is 9.26. The third-order valence-corrected chi connectivity index (χ3v) is 2.96. The van der Waals surface area contributed by atoms with Crippen LogP contribution in [0.5, 0.6) is 0 Å². The van der Waals surface area contributed by atoms with E-state index in [0.717, 1.165) is 18.5 Å². The topological polar surface area (TPSA) is 66.5 Å². The Bertz CT molecular complexity index is 564. The number of aromatic nitrogens is 3. The first-order valence-corrected chi connectivity index (χ1v) is 6.39. The lowest BCUT2D eigenvalue weighted by Gasteiger charge is -2.13. The van der Waals surface area contributed by atoms with Gasteiger partial charge in [0.25, 0.3) is 0 Å². The van der Waals surface area contributed by atoms with Crippen LogP contribution < -0.4 is 5.32 Å². The van der Waals surface area contributed by atoms with Crippen molar-refractivity contribution in [3.63, 3.8) is 0 Å². The van der Waals surface area contributed by atoms with Crippen LogP contribution in [-0.2, 0) is 0 Å². The molecule has 0 aromatic carbocycles. The van der Waals surface area contributed by atoms with Crippen molar-refractivity contribution in [2.24, 2.45) is 0 Å². The summed E-state index contributed by atoms with van der Waals surface area (Å²) in [6.07, 6.45) is 6.28. The molecule has 1 unspecified atom stereocenters. The van der Waals surface area contributed by atoms with E-state index in [-0.39, 0.29) is 6.04 Å². The minimum Gasteiger partial charge on any atom is -0.310 e. The van der Waals surface area contributed by atoms with E-state index >= 15 is 0 Å². The number of imidazole rings is 1. The van der Waals surface area contributed by atoms with Gasteiger partial charge in [0.15, 0.2) is 0 Å². The fraction of sp³-hybridized carbons (Fsp3) is 0.357. The van der Waals surface area contributed by atoms with Gasteiger partial charge >= 0.3 is 0 Å². The van der Waals surface area contributed by atoms with Crippen molar-refractivity contribution in [1.82, 2.24) is 19.9 Å². The van der Waals surface area contributed by atoms with Gasteiger partial charge in [-0.05, 0) is 31.5 Å². The molecular formula is C14H17N5. The lowest BCUT2D eigenvalue weighted by Crippen LogP contribution is -2.19. The Kier molecular flexibility index (Phi) is 4.26. The minimum atomic E-state index is 0.278. The van der Waals surface area contributed by atoms with E-state index in [1.165, 1.54) is 0 Å². The molecule has 0 saturated carbocycles. The van der Waals surface area contributed by atoms with Crippen molar-refractivity contribution >= 4 is 0 Å². The van der Waals surface area contributed by atoms with Gasteiger partial charge in [-0.25, -0.2) is 9.97 Å². The highest BCUT2D eigenvalue weighted by Gasteiger charge is 2.07. The summed E-state index contributed by atoms with van der Waals surface area (Å²) < 4.78 is 1.67. The summed E-state index contributed by atoms with van der Waals surface area (Å²) in [4.78, 5) is 8.35. The monoisotopic (exact) mass is 255 g/mol. The average Bonchev–Trinajstić information content (AvgIpc) is 2.93. The molecule has 5 heteroatoms. The van der Waals surface area contributed by atoms with Crippen LogP contribution in [0.1, 0.15) is 37.7 Å². The Labute approximate surface area is 112 Å². The molecule has 5 nitrogen and oxygen atoms in total. The fourth-order valence-corrected chi connectivity index (χ4v) is 1.85. The van der Waals surface area contributed by atoms with Crippen LogP contribution in [0.15, 0.2) is 30.7 Å². The van der Waals surface area contributed by atoms with Gasteiger partial charge in [-0.2, -0.15) is 5.26 Å². The molecule has 0 aliphatic heterocycles. The quantitative estimate of drug-likeness (QED) is 0.889. The van der Waals surface area contributed by atoms with Gasteiger partial charge in [-0.15, -0.1) is 0 Å². The molecule has 1 N–H and O–H groups in total. The summed E-state index contributed by atoms with van der Waals surface area (Å²) in [6.45, 7) is 5.25. The van der Waals surface area contributed by atoms with Gasteiger partial charge < -0.3 is 5.32 Å². The maximum absolute atomic E-state index is 8.94. The first-order valence-electron chi connectivity index (χ1n) is 6.39. The summed E-state index contributed by atoms with van der Waals surface area (Å²) in [5, 5.41) is 12.4. The molecule has 0 radical (unpaired) electrons. The zero-order valence-electron chi connectivity index (χ0n) is 11.2. The molecule has 0 spiro atoms. The van der Waals surface area contributed by atoms with Gasteiger partial charge in [0.1, 0.15) is 11.9 Å². The Morgan fingerprint density at radius 3 is 2.89 bits per heavy atom. The molecule has 1 atom stereocenters. The highest BCUT2D eigenvalue weighted by molar-refractivity contribution is 5.31. The molecule has 0 bridgehead atoms. The predicted octanol–water partition coefficient (Wildman–Crippen LogP) is 2.20. The second kappa shape index (κ2) is 6.12. The van der Waals surface area contributed by atoms with Gasteiger partial charge in [0.2, 0.25) is 5.82 Å². The minimum absolute atomic E-state index is 0.278. The van der Waals surface area contributed by atoms with Crippen LogP contribution in [0.2, 0.25) is 0 Å². The normalized spacial score (nSPS) is 12.1. The molecule has 0 amide bonds. The average molecular weight is 255 g/mol. The van der Waals surface area contributed by atoms with E-state index < -0.39 is 0 Å². The highest BCUT2D eigenvalue weighted by Crippen LogP contribution is 2.14. The van der Waals surface area contributed by atoms with Gasteiger partial charge in [-0.3, -0.25) is 4.57 Å². The SMILES string of the molecule is CCCNC(C)c1ccc(-n2ccnc2C#N)nc1. The second-order valence-corrected chi connectivity index (χ2v) is 4.36. The van der Waals surface area contributed by atoms with Crippen molar-refractivity contribution in [2.45, 2.75) is 26.3 Å². The molecule has 0 aliphatic carbocycles. The zero-order chi connectivity index (χ0) is 13.7. The number of nitrogens with one attached hydrogen (secondary N) is 1. The summed E-state index contributed by atoms with van der Waals surface area (Å²) in [5.41, 5.74) is 1.14. The largest absolute Gasteiger partial charge is 0.310 e. The fourth-order valence-electron chi connectivity index (χ4n) is 1.85. The van der Waals surface area contributed by atoms with Gasteiger partial charge in [0, 0.05) is 24.6 Å². The van der Waals surface area contributed by atoms with Crippen molar-refractivity contribution in [1.29, 1.82) is 5.26 Å². The highest BCUT2D eigenvalue weighted by atomic mass is 15.1. The van der Waals surface area contributed by atoms with Crippen LogP contribution in [0.25, 0.3) is 5.82 Å². The lowest BCUT2D eigenvalue weighted by molar-refractivity contribution is 0.569. The summed E-state index contributed by atoms with van der Waals surface area (Å²) in [7, 11) is 0. The van der Waals surface area contributed by atoms with E-state index in [1.807, 2.05) is 24.4 Å². The zero-order valence-corrected chi connectivity index (χ0v) is 11.2. The van der Waals surface area contributed by atoms with E-state index in [2.05, 4.69) is 29.1 Å². The lowest BCUT2D eigenvalue weighted by atomic mass is 10.1. The summed E-state index contributed by atoms with van der Waals surface area (Å²) in [6, 6.07) is 6.25. The van der Waals surface area contributed by atoms with Crippen LogP contribution in [-0.4, -0.2) is 21.1 Å². The third kappa shape index (κ3) is 2.98. The van der Waals surface area contributed by atoms with E-state index in [9.17, 15) is 0 Å².